The van der Waals surface area contributed by atoms with Crippen molar-refractivity contribution < 1.29 is 4.79 Å². The number of benzene rings is 1. The first-order chi connectivity index (χ1) is 16.5. The van der Waals surface area contributed by atoms with Gasteiger partial charge in [0.15, 0.2) is 5.65 Å². The van der Waals surface area contributed by atoms with Gasteiger partial charge in [-0.25, -0.2) is 4.98 Å². The van der Waals surface area contributed by atoms with Gasteiger partial charge in [-0.05, 0) is 87.0 Å². The van der Waals surface area contributed by atoms with Crippen molar-refractivity contribution in [3.63, 3.8) is 0 Å². The molecule has 1 amide bonds. The molecule has 5 fully saturated rings. The van der Waals surface area contributed by atoms with Crippen LogP contribution in [0.25, 0.3) is 16.7 Å². The van der Waals surface area contributed by atoms with Gasteiger partial charge >= 0.3 is 0 Å². The fourth-order valence-corrected chi connectivity index (χ4v) is 8.15. The second-order valence-electron chi connectivity index (χ2n) is 11.4. The first-order valence-corrected chi connectivity index (χ1v) is 12.9. The number of hydrogen-bond acceptors (Lipinski definition) is 4. The van der Waals surface area contributed by atoms with Crippen molar-refractivity contribution in [1.29, 1.82) is 5.26 Å². The summed E-state index contributed by atoms with van der Waals surface area (Å²) in [6.45, 7) is 5.16. The standard InChI is InChI=1S/C28H31N5O/c1-18-10-25(33-24-5-3-2-4-23(24)30-26(33)22(18)17-29)31-6-8-32(9-7-31)27(34)28-14-19-11-20(15-28)13-21(12-19)16-28/h2-5,10,19-21H,6-9,11-16H2,1H3. The first-order valence-electron chi connectivity index (χ1n) is 12.9. The van der Waals surface area contributed by atoms with E-state index in [1.165, 1.54) is 19.3 Å². The summed E-state index contributed by atoms with van der Waals surface area (Å²) in [6.07, 6.45) is 7.51. The van der Waals surface area contributed by atoms with Gasteiger partial charge < -0.3 is 9.80 Å². The van der Waals surface area contributed by atoms with Crippen molar-refractivity contribution in [2.24, 2.45) is 23.2 Å². The average molecular weight is 454 g/mol. The van der Waals surface area contributed by atoms with Crippen LogP contribution in [0.1, 0.15) is 49.7 Å². The van der Waals surface area contributed by atoms with E-state index < -0.39 is 0 Å². The van der Waals surface area contributed by atoms with Crippen LogP contribution in [0.2, 0.25) is 0 Å². The number of imidazole rings is 1. The number of aromatic nitrogens is 2. The number of para-hydroxylation sites is 2. The van der Waals surface area contributed by atoms with E-state index in [0.29, 0.717) is 11.5 Å². The van der Waals surface area contributed by atoms with E-state index in [-0.39, 0.29) is 5.41 Å². The minimum atomic E-state index is -0.0598. The number of pyridine rings is 1. The smallest absolute Gasteiger partial charge is 0.228 e. The molecule has 0 unspecified atom stereocenters. The predicted octanol–water partition coefficient (Wildman–Crippen LogP) is 4.53. The third-order valence-electron chi connectivity index (χ3n) is 9.25. The molecule has 4 saturated carbocycles. The van der Waals surface area contributed by atoms with Crippen LogP contribution in [-0.2, 0) is 4.79 Å². The van der Waals surface area contributed by atoms with Crippen molar-refractivity contribution in [3.8, 4) is 6.07 Å². The molecule has 0 atom stereocenters. The van der Waals surface area contributed by atoms with Gasteiger partial charge in [-0.2, -0.15) is 5.26 Å². The second kappa shape index (κ2) is 7.21. The lowest BCUT2D eigenvalue weighted by Crippen LogP contribution is -2.58. The van der Waals surface area contributed by atoms with Crippen LogP contribution < -0.4 is 4.90 Å². The first kappa shape index (κ1) is 20.3. The van der Waals surface area contributed by atoms with Gasteiger partial charge in [0.05, 0.1) is 22.0 Å². The Morgan fingerprint density at radius 3 is 2.32 bits per heavy atom. The van der Waals surface area contributed by atoms with E-state index in [4.69, 9.17) is 4.98 Å². The second-order valence-corrected chi connectivity index (χ2v) is 11.4. The zero-order valence-corrected chi connectivity index (χ0v) is 19.8. The Labute approximate surface area is 200 Å². The molecule has 1 aromatic carbocycles. The number of fused-ring (bicyclic) bond motifs is 3. The van der Waals surface area contributed by atoms with Gasteiger partial charge in [-0.15, -0.1) is 0 Å². The summed E-state index contributed by atoms with van der Waals surface area (Å²) < 4.78 is 2.14. The van der Waals surface area contributed by atoms with Crippen molar-refractivity contribution in [2.45, 2.75) is 45.4 Å². The summed E-state index contributed by atoms with van der Waals surface area (Å²) in [5.74, 6) is 3.89. The molecule has 1 saturated heterocycles. The quantitative estimate of drug-likeness (QED) is 0.572. The molecule has 2 aromatic heterocycles. The van der Waals surface area contributed by atoms with Gasteiger partial charge in [0, 0.05) is 26.2 Å². The van der Waals surface area contributed by atoms with E-state index >= 15 is 0 Å². The molecule has 3 aromatic rings. The van der Waals surface area contributed by atoms with Crippen LogP contribution in [0.4, 0.5) is 5.82 Å². The van der Waals surface area contributed by atoms with Gasteiger partial charge in [0.25, 0.3) is 0 Å². The Morgan fingerprint density at radius 1 is 1.03 bits per heavy atom. The van der Waals surface area contributed by atoms with Crippen molar-refractivity contribution in [3.05, 3.63) is 41.5 Å². The number of nitriles is 1. The Morgan fingerprint density at radius 2 is 1.68 bits per heavy atom. The highest BCUT2D eigenvalue weighted by Crippen LogP contribution is 2.60. The molecule has 5 aliphatic rings. The monoisotopic (exact) mass is 453 g/mol. The predicted molar refractivity (Wildman–Crippen MR) is 132 cm³/mol. The Kier molecular flexibility index (Phi) is 4.31. The molecule has 4 aliphatic carbocycles. The highest BCUT2D eigenvalue weighted by atomic mass is 16.2. The van der Waals surface area contributed by atoms with Crippen LogP contribution in [0.15, 0.2) is 30.3 Å². The number of aryl methyl sites for hydroxylation is 1. The Hall–Kier alpha value is -3.07. The number of piperazine rings is 1. The van der Waals surface area contributed by atoms with E-state index in [2.05, 4.69) is 32.4 Å². The summed E-state index contributed by atoms with van der Waals surface area (Å²) in [7, 11) is 0. The molecule has 1 aliphatic heterocycles. The summed E-state index contributed by atoms with van der Waals surface area (Å²) in [4.78, 5) is 23.2. The Bertz CT molecular complexity index is 1320. The highest BCUT2D eigenvalue weighted by Gasteiger charge is 2.55. The summed E-state index contributed by atoms with van der Waals surface area (Å²) in [5, 5.41) is 9.79. The fraction of sp³-hybridized carbons (Fsp3) is 0.536. The molecule has 174 valence electrons. The molecule has 3 heterocycles. The zero-order valence-electron chi connectivity index (χ0n) is 19.8. The molecule has 0 N–H and O–H groups in total. The number of hydrogen-bond donors (Lipinski definition) is 0. The zero-order chi connectivity index (χ0) is 23.0. The average Bonchev–Trinajstić information content (AvgIpc) is 3.22. The number of carbonyl (C=O) groups excluding carboxylic acids is 1. The number of carbonyl (C=O) groups is 1. The van der Waals surface area contributed by atoms with Crippen molar-refractivity contribution in [1.82, 2.24) is 14.3 Å². The minimum absolute atomic E-state index is 0.0598. The third kappa shape index (κ3) is 2.85. The maximum atomic E-state index is 13.8. The maximum Gasteiger partial charge on any atom is 0.228 e. The Balaban J connectivity index is 1.18. The van der Waals surface area contributed by atoms with Gasteiger partial charge in [0.1, 0.15) is 11.9 Å². The van der Waals surface area contributed by atoms with Crippen LogP contribution in [0.5, 0.6) is 0 Å². The molecule has 0 radical (unpaired) electrons. The lowest BCUT2D eigenvalue weighted by Gasteiger charge is -2.57. The van der Waals surface area contributed by atoms with Gasteiger partial charge in [0.2, 0.25) is 5.91 Å². The number of anilines is 1. The van der Waals surface area contributed by atoms with Gasteiger partial charge in [-0.1, -0.05) is 12.1 Å². The molecule has 4 bridgehead atoms. The van der Waals surface area contributed by atoms with E-state index in [9.17, 15) is 10.1 Å². The lowest BCUT2D eigenvalue weighted by atomic mass is 9.49. The summed E-state index contributed by atoms with van der Waals surface area (Å²) >= 11 is 0. The van der Waals surface area contributed by atoms with Crippen LogP contribution in [0.3, 0.4) is 0 Å². The third-order valence-corrected chi connectivity index (χ3v) is 9.25. The van der Waals surface area contributed by atoms with Crippen LogP contribution >= 0.6 is 0 Å². The minimum Gasteiger partial charge on any atom is -0.354 e. The van der Waals surface area contributed by atoms with Gasteiger partial charge in [-0.3, -0.25) is 9.20 Å². The maximum absolute atomic E-state index is 13.8. The largest absolute Gasteiger partial charge is 0.354 e. The number of nitrogens with zero attached hydrogens (tertiary/aromatic N) is 5. The summed E-state index contributed by atoms with van der Waals surface area (Å²) in [6, 6.07) is 12.6. The molecule has 8 rings (SSSR count). The fourth-order valence-electron chi connectivity index (χ4n) is 8.15. The molecular weight excluding hydrogens is 422 g/mol. The SMILES string of the molecule is Cc1cc(N2CCN(C(=O)C34CC5CC(CC(C5)C3)C4)CC2)n2c(nc3ccccc32)c1C#N. The topological polar surface area (TPSA) is 64.6 Å². The molecule has 6 nitrogen and oxygen atoms in total. The van der Waals surface area contributed by atoms with E-state index in [1.807, 2.05) is 25.1 Å². The molecule has 6 heteroatoms. The van der Waals surface area contributed by atoms with Crippen LogP contribution in [0, 0.1) is 41.4 Å². The van der Waals surface area contributed by atoms with E-state index in [0.717, 1.165) is 91.3 Å². The molecule has 0 spiro atoms. The number of amides is 1. The molecule has 34 heavy (non-hydrogen) atoms. The van der Waals surface area contributed by atoms with E-state index in [1.54, 1.807) is 0 Å². The van der Waals surface area contributed by atoms with Crippen molar-refractivity contribution >= 4 is 28.4 Å². The van der Waals surface area contributed by atoms with Crippen LogP contribution in [-0.4, -0.2) is 46.4 Å². The number of rotatable bonds is 2. The highest BCUT2D eigenvalue weighted by molar-refractivity contribution is 5.86. The normalized spacial score (nSPS) is 30.3. The van der Waals surface area contributed by atoms with Crippen molar-refractivity contribution in [2.75, 3.05) is 31.1 Å². The lowest BCUT2D eigenvalue weighted by molar-refractivity contribution is -0.158. The molecular formula is C28H31N5O. The summed E-state index contributed by atoms with van der Waals surface area (Å²) in [5.41, 5.74) is 4.18.